The van der Waals surface area contributed by atoms with Crippen LogP contribution in [0.3, 0.4) is 0 Å². The van der Waals surface area contributed by atoms with Crippen molar-refractivity contribution >= 4 is 11.6 Å². The minimum absolute atomic E-state index is 0.115. The summed E-state index contributed by atoms with van der Waals surface area (Å²) in [5, 5.41) is 5.72. The van der Waals surface area contributed by atoms with Gasteiger partial charge < -0.3 is 10.6 Å². The number of rotatable bonds is 3. The molecule has 2 N–H and O–H groups in total. The molecule has 0 radical (unpaired) electrons. The minimum Gasteiger partial charge on any atom is -0.391 e. The summed E-state index contributed by atoms with van der Waals surface area (Å²) in [6, 6.07) is 7.69. The molecule has 3 heteroatoms. The third kappa shape index (κ3) is 3.46. The minimum atomic E-state index is -0.115. The molecule has 0 aliphatic carbocycles. The predicted octanol–water partition coefficient (Wildman–Crippen LogP) is 2.06. The second kappa shape index (κ2) is 5.20. The van der Waals surface area contributed by atoms with Crippen molar-refractivity contribution in [3.63, 3.8) is 0 Å². The topological polar surface area (TPSA) is 41.1 Å². The maximum absolute atomic E-state index is 11.5. The zero-order chi connectivity index (χ0) is 11.3. The average molecular weight is 204 g/mol. The SMILES string of the molecule is CN/C(C)=C/C(=O)Nc1ccccc1C. The molecule has 0 spiro atoms. The van der Waals surface area contributed by atoms with Gasteiger partial charge in [-0.05, 0) is 25.5 Å². The summed E-state index contributed by atoms with van der Waals surface area (Å²) in [7, 11) is 1.78. The Balaban J connectivity index is 2.71. The van der Waals surface area contributed by atoms with E-state index in [0.717, 1.165) is 16.9 Å². The monoisotopic (exact) mass is 204 g/mol. The number of para-hydroxylation sites is 1. The Morgan fingerprint density at radius 2 is 2.00 bits per heavy atom. The normalized spacial score (nSPS) is 11.0. The summed E-state index contributed by atoms with van der Waals surface area (Å²) >= 11 is 0. The molecule has 80 valence electrons. The number of hydrogen-bond acceptors (Lipinski definition) is 2. The van der Waals surface area contributed by atoms with Gasteiger partial charge in [0, 0.05) is 24.5 Å². The van der Waals surface area contributed by atoms with Crippen molar-refractivity contribution in [1.82, 2.24) is 5.32 Å². The molecule has 0 saturated heterocycles. The fourth-order valence-electron chi connectivity index (χ4n) is 1.15. The lowest BCUT2D eigenvalue weighted by molar-refractivity contribution is -0.112. The summed E-state index contributed by atoms with van der Waals surface area (Å²) in [4.78, 5) is 11.5. The van der Waals surface area contributed by atoms with Crippen molar-refractivity contribution in [3.05, 3.63) is 41.6 Å². The van der Waals surface area contributed by atoms with E-state index in [9.17, 15) is 4.79 Å². The molecular formula is C12H16N2O. The smallest absolute Gasteiger partial charge is 0.250 e. The number of aryl methyl sites for hydroxylation is 1. The van der Waals surface area contributed by atoms with E-state index in [0.29, 0.717) is 0 Å². The standard InChI is InChI=1S/C12H16N2O/c1-9-6-4-5-7-11(9)14-12(15)8-10(2)13-3/h4-8,13H,1-3H3,(H,14,15)/b10-8+. The molecule has 1 aromatic carbocycles. The van der Waals surface area contributed by atoms with Gasteiger partial charge in [-0.3, -0.25) is 4.79 Å². The van der Waals surface area contributed by atoms with Crippen molar-refractivity contribution in [2.24, 2.45) is 0 Å². The van der Waals surface area contributed by atoms with Gasteiger partial charge in [0.15, 0.2) is 0 Å². The van der Waals surface area contributed by atoms with Crippen LogP contribution in [-0.2, 0) is 4.79 Å². The van der Waals surface area contributed by atoms with Crippen LogP contribution in [0.15, 0.2) is 36.0 Å². The third-order valence-corrected chi connectivity index (χ3v) is 2.14. The first-order valence-corrected chi connectivity index (χ1v) is 4.86. The van der Waals surface area contributed by atoms with Crippen LogP contribution in [0.2, 0.25) is 0 Å². The van der Waals surface area contributed by atoms with E-state index in [1.54, 1.807) is 7.05 Å². The van der Waals surface area contributed by atoms with Gasteiger partial charge in [0.2, 0.25) is 5.91 Å². The number of allylic oxidation sites excluding steroid dienone is 1. The lowest BCUT2D eigenvalue weighted by Crippen LogP contribution is -2.12. The van der Waals surface area contributed by atoms with Crippen molar-refractivity contribution < 1.29 is 4.79 Å². The van der Waals surface area contributed by atoms with Crippen LogP contribution in [-0.4, -0.2) is 13.0 Å². The van der Waals surface area contributed by atoms with Crippen molar-refractivity contribution in [2.45, 2.75) is 13.8 Å². The Morgan fingerprint density at radius 1 is 1.33 bits per heavy atom. The Morgan fingerprint density at radius 3 is 2.60 bits per heavy atom. The molecule has 0 saturated carbocycles. The fraction of sp³-hybridized carbons (Fsp3) is 0.250. The van der Waals surface area contributed by atoms with Crippen LogP contribution in [0, 0.1) is 6.92 Å². The number of carbonyl (C=O) groups excluding carboxylic acids is 1. The predicted molar refractivity (Wildman–Crippen MR) is 62.6 cm³/mol. The van der Waals surface area contributed by atoms with Gasteiger partial charge in [0.1, 0.15) is 0 Å². The molecule has 0 atom stereocenters. The number of anilines is 1. The Labute approximate surface area is 90.2 Å². The molecule has 3 nitrogen and oxygen atoms in total. The van der Waals surface area contributed by atoms with Gasteiger partial charge in [-0.25, -0.2) is 0 Å². The van der Waals surface area contributed by atoms with Gasteiger partial charge >= 0.3 is 0 Å². The highest BCUT2D eigenvalue weighted by atomic mass is 16.1. The molecular weight excluding hydrogens is 188 g/mol. The van der Waals surface area contributed by atoms with E-state index in [1.165, 1.54) is 6.08 Å². The van der Waals surface area contributed by atoms with Crippen LogP contribution in [0.4, 0.5) is 5.69 Å². The summed E-state index contributed by atoms with van der Waals surface area (Å²) in [6.07, 6.45) is 1.53. The fourth-order valence-corrected chi connectivity index (χ4v) is 1.15. The van der Waals surface area contributed by atoms with Crippen LogP contribution < -0.4 is 10.6 Å². The Hall–Kier alpha value is -1.77. The van der Waals surface area contributed by atoms with E-state index in [4.69, 9.17) is 0 Å². The van der Waals surface area contributed by atoms with Gasteiger partial charge in [0.05, 0.1) is 0 Å². The van der Waals surface area contributed by atoms with E-state index in [-0.39, 0.29) is 5.91 Å². The van der Waals surface area contributed by atoms with Crippen LogP contribution in [0.25, 0.3) is 0 Å². The van der Waals surface area contributed by atoms with E-state index < -0.39 is 0 Å². The van der Waals surface area contributed by atoms with Crippen LogP contribution >= 0.6 is 0 Å². The van der Waals surface area contributed by atoms with Gasteiger partial charge in [-0.2, -0.15) is 0 Å². The zero-order valence-electron chi connectivity index (χ0n) is 9.29. The van der Waals surface area contributed by atoms with E-state index in [2.05, 4.69) is 10.6 Å². The van der Waals surface area contributed by atoms with Crippen LogP contribution in [0.1, 0.15) is 12.5 Å². The molecule has 0 aromatic heterocycles. The summed E-state index contributed by atoms with van der Waals surface area (Å²) in [5.41, 5.74) is 2.74. The second-order valence-electron chi connectivity index (χ2n) is 3.38. The Bertz CT molecular complexity index is 383. The molecule has 0 fully saturated rings. The van der Waals surface area contributed by atoms with Gasteiger partial charge in [-0.1, -0.05) is 18.2 Å². The first-order chi connectivity index (χ1) is 7.13. The zero-order valence-corrected chi connectivity index (χ0v) is 9.29. The molecule has 15 heavy (non-hydrogen) atoms. The largest absolute Gasteiger partial charge is 0.391 e. The first kappa shape index (κ1) is 11.3. The molecule has 1 amide bonds. The van der Waals surface area contributed by atoms with Crippen molar-refractivity contribution in [3.8, 4) is 0 Å². The molecule has 0 heterocycles. The highest BCUT2D eigenvalue weighted by Gasteiger charge is 2.00. The summed E-state index contributed by atoms with van der Waals surface area (Å²) in [6.45, 7) is 3.81. The quantitative estimate of drug-likeness (QED) is 0.740. The number of benzene rings is 1. The highest BCUT2D eigenvalue weighted by Crippen LogP contribution is 2.12. The maximum atomic E-state index is 11.5. The number of nitrogens with one attached hydrogen (secondary N) is 2. The second-order valence-corrected chi connectivity index (χ2v) is 3.38. The van der Waals surface area contributed by atoms with Crippen LogP contribution in [0.5, 0.6) is 0 Å². The van der Waals surface area contributed by atoms with Gasteiger partial charge in [0.25, 0.3) is 0 Å². The molecule has 0 bridgehead atoms. The lowest BCUT2D eigenvalue weighted by atomic mass is 10.2. The maximum Gasteiger partial charge on any atom is 0.250 e. The number of amides is 1. The number of hydrogen-bond donors (Lipinski definition) is 2. The van der Waals surface area contributed by atoms with Crippen molar-refractivity contribution in [1.29, 1.82) is 0 Å². The van der Waals surface area contributed by atoms with E-state index >= 15 is 0 Å². The van der Waals surface area contributed by atoms with Gasteiger partial charge in [-0.15, -0.1) is 0 Å². The average Bonchev–Trinajstić information content (AvgIpc) is 2.21. The van der Waals surface area contributed by atoms with E-state index in [1.807, 2.05) is 38.1 Å². The van der Waals surface area contributed by atoms with Crippen molar-refractivity contribution in [2.75, 3.05) is 12.4 Å². The summed E-state index contributed by atoms with van der Waals surface area (Å²) in [5.74, 6) is -0.115. The molecule has 1 rings (SSSR count). The Kier molecular flexibility index (Phi) is 3.92. The highest BCUT2D eigenvalue weighted by molar-refractivity contribution is 6.00. The number of carbonyl (C=O) groups is 1. The molecule has 0 unspecified atom stereocenters. The molecule has 0 aliphatic rings. The third-order valence-electron chi connectivity index (χ3n) is 2.14. The summed E-state index contributed by atoms with van der Waals surface area (Å²) < 4.78 is 0. The lowest BCUT2D eigenvalue weighted by Gasteiger charge is -2.06. The molecule has 1 aromatic rings. The first-order valence-electron chi connectivity index (χ1n) is 4.86. The molecule has 0 aliphatic heterocycles.